The molecule has 1 fully saturated rings. The number of halogens is 4. The van der Waals surface area contributed by atoms with E-state index < -0.39 is 19.0 Å². The predicted molar refractivity (Wildman–Crippen MR) is 173 cm³/mol. The Kier molecular flexibility index (Phi) is 8.15. The highest BCUT2D eigenvalue weighted by molar-refractivity contribution is 6.29. The fourth-order valence-corrected chi connectivity index (χ4v) is 6.29. The minimum atomic E-state index is -2.81. The molecular weight excluding hydrogens is 631 g/mol. The summed E-state index contributed by atoms with van der Waals surface area (Å²) in [7, 11) is 3.18. The molecular formula is C34H31ClF3N7O2. The molecule has 47 heavy (non-hydrogen) atoms. The second-order valence-electron chi connectivity index (χ2n) is 11.7. The molecule has 3 aromatic carbocycles. The summed E-state index contributed by atoms with van der Waals surface area (Å²) < 4.78 is 55.2. The molecule has 0 radical (unpaired) electrons. The molecule has 13 heteroatoms. The van der Waals surface area contributed by atoms with E-state index in [0.717, 1.165) is 28.1 Å². The van der Waals surface area contributed by atoms with Crippen LogP contribution in [0.25, 0.3) is 5.69 Å². The molecule has 0 amide bonds. The maximum absolute atomic E-state index is 14.2. The molecule has 4 heterocycles. The molecule has 0 spiro atoms. The number of rotatable bonds is 9. The van der Waals surface area contributed by atoms with Gasteiger partial charge in [0.1, 0.15) is 34.6 Å². The fraction of sp³-hybridized carbons (Fsp3) is 0.265. The summed E-state index contributed by atoms with van der Waals surface area (Å²) in [6.07, 6.45) is 3.25. The molecule has 1 unspecified atom stereocenters. The lowest BCUT2D eigenvalue weighted by molar-refractivity contribution is -0.0269. The number of aromatic nitrogens is 4. The topological polar surface area (TPSA) is 80.6 Å². The van der Waals surface area contributed by atoms with E-state index in [1.165, 1.54) is 12.1 Å². The van der Waals surface area contributed by atoms with Crippen molar-refractivity contribution in [3.05, 3.63) is 113 Å². The number of methoxy groups -OCH3 is 2. The van der Waals surface area contributed by atoms with Crippen molar-refractivity contribution in [3.8, 4) is 17.2 Å². The van der Waals surface area contributed by atoms with Gasteiger partial charge in [-0.3, -0.25) is 4.90 Å². The third-order valence-electron chi connectivity index (χ3n) is 8.42. The van der Waals surface area contributed by atoms with Crippen LogP contribution in [0.5, 0.6) is 11.5 Å². The van der Waals surface area contributed by atoms with Crippen molar-refractivity contribution in [1.29, 1.82) is 0 Å². The molecule has 1 saturated heterocycles. The molecule has 2 aliphatic heterocycles. The van der Waals surface area contributed by atoms with Crippen LogP contribution in [0.2, 0.25) is 5.15 Å². The van der Waals surface area contributed by atoms with Gasteiger partial charge in [-0.15, -0.1) is 0 Å². The van der Waals surface area contributed by atoms with Crippen LogP contribution in [0.1, 0.15) is 28.3 Å². The predicted octanol–water partition coefficient (Wildman–Crippen LogP) is 6.82. The second-order valence-corrected chi connectivity index (χ2v) is 12.1. The number of hydrogen-bond acceptors (Lipinski definition) is 8. The van der Waals surface area contributed by atoms with E-state index in [1.54, 1.807) is 54.4 Å². The van der Waals surface area contributed by atoms with Gasteiger partial charge in [0.25, 0.3) is 5.92 Å². The molecule has 2 aromatic heterocycles. The average Bonchev–Trinajstić information content (AvgIpc) is 3.49. The molecule has 2 aliphatic rings. The summed E-state index contributed by atoms with van der Waals surface area (Å²) in [5, 5.41) is 3.61. The Balaban J connectivity index is 1.28. The van der Waals surface area contributed by atoms with Crippen molar-refractivity contribution in [2.24, 2.45) is 0 Å². The number of anilines is 3. The van der Waals surface area contributed by atoms with Crippen LogP contribution in [0.15, 0.2) is 79.3 Å². The van der Waals surface area contributed by atoms with E-state index >= 15 is 0 Å². The Labute approximate surface area is 274 Å². The standard InChI is InChI=1S/C34H31ClF3N7O2/c1-46-25-10-3-21(4-11-25)14-43-15-26(22-5-7-23(36)8-6-22)31-27(16-43)32(45-18-34(37,38)19-45)42-33(41-31)40-24-9-12-28(29(13-24)47-2)44-17-30(35)39-20-44/h3-13,17,20,26H,14-16,18-19H2,1-2H3,(H,40,41,42). The van der Waals surface area contributed by atoms with Gasteiger partial charge in [0, 0.05) is 49.1 Å². The lowest BCUT2D eigenvalue weighted by Gasteiger charge is -2.43. The Hall–Kier alpha value is -4.81. The molecule has 1 N–H and O–H groups in total. The average molecular weight is 662 g/mol. The summed E-state index contributed by atoms with van der Waals surface area (Å²) in [4.78, 5) is 17.7. The highest BCUT2D eigenvalue weighted by atomic mass is 35.5. The van der Waals surface area contributed by atoms with Crippen LogP contribution in [0.3, 0.4) is 0 Å². The molecule has 0 saturated carbocycles. The van der Waals surface area contributed by atoms with Crippen molar-refractivity contribution in [2.75, 3.05) is 44.1 Å². The largest absolute Gasteiger partial charge is 0.497 e. The highest BCUT2D eigenvalue weighted by Gasteiger charge is 2.46. The molecule has 0 bridgehead atoms. The van der Waals surface area contributed by atoms with Gasteiger partial charge in [-0.05, 0) is 47.5 Å². The maximum atomic E-state index is 14.2. The van der Waals surface area contributed by atoms with Crippen LogP contribution >= 0.6 is 11.6 Å². The summed E-state index contributed by atoms with van der Waals surface area (Å²) in [6, 6.07) is 19.6. The minimum Gasteiger partial charge on any atom is -0.497 e. The number of nitrogens with one attached hydrogen (secondary N) is 1. The monoisotopic (exact) mass is 661 g/mol. The van der Waals surface area contributed by atoms with E-state index in [2.05, 4.69) is 15.2 Å². The van der Waals surface area contributed by atoms with Gasteiger partial charge in [0.2, 0.25) is 5.95 Å². The third-order valence-corrected chi connectivity index (χ3v) is 8.61. The van der Waals surface area contributed by atoms with Crippen molar-refractivity contribution in [2.45, 2.75) is 24.9 Å². The van der Waals surface area contributed by atoms with Crippen LogP contribution in [0, 0.1) is 5.82 Å². The van der Waals surface area contributed by atoms with E-state index in [1.807, 2.05) is 36.4 Å². The van der Waals surface area contributed by atoms with Crippen LogP contribution < -0.4 is 19.7 Å². The van der Waals surface area contributed by atoms with Crippen molar-refractivity contribution >= 4 is 29.1 Å². The van der Waals surface area contributed by atoms with Crippen molar-refractivity contribution in [3.63, 3.8) is 0 Å². The van der Waals surface area contributed by atoms with Crippen LogP contribution in [0.4, 0.5) is 30.6 Å². The highest BCUT2D eigenvalue weighted by Crippen LogP contribution is 2.41. The van der Waals surface area contributed by atoms with E-state index in [4.69, 9.17) is 31.0 Å². The Morgan fingerprint density at radius 3 is 2.40 bits per heavy atom. The van der Waals surface area contributed by atoms with Crippen molar-refractivity contribution < 1.29 is 22.6 Å². The fourth-order valence-electron chi connectivity index (χ4n) is 6.14. The lowest BCUT2D eigenvalue weighted by Crippen LogP contribution is -2.57. The lowest BCUT2D eigenvalue weighted by atomic mass is 9.88. The van der Waals surface area contributed by atoms with Gasteiger partial charge in [0.15, 0.2) is 0 Å². The maximum Gasteiger partial charge on any atom is 0.282 e. The minimum absolute atomic E-state index is 0.255. The first-order chi connectivity index (χ1) is 22.7. The van der Waals surface area contributed by atoms with Gasteiger partial charge in [0.05, 0.1) is 38.7 Å². The van der Waals surface area contributed by atoms with Gasteiger partial charge in [-0.25, -0.2) is 23.1 Å². The second kappa shape index (κ2) is 12.4. The van der Waals surface area contributed by atoms with Crippen molar-refractivity contribution in [1.82, 2.24) is 24.4 Å². The first kappa shape index (κ1) is 30.8. The van der Waals surface area contributed by atoms with Gasteiger partial charge >= 0.3 is 0 Å². The van der Waals surface area contributed by atoms with Gasteiger partial charge in [-0.1, -0.05) is 35.9 Å². The molecule has 1 atom stereocenters. The zero-order valence-electron chi connectivity index (χ0n) is 25.6. The van der Waals surface area contributed by atoms with Crippen LogP contribution in [-0.2, 0) is 13.1 Å². The summed E-state index contributed by atoms with van der Waals surface area (Å²) in [6.45, 7) is 0.752. The molecule has 0 aliphatic carbocycles. The molecule has 242 valence electrons. The smallest absolute Gasteiger partial charge is 0.282 e. The first-order valence-electron chi connectivity index (χ1n) is 15.0. The Morgan fingerprint density at radius 1 is 0.979 bits per heavy atom. The number of alkyl halides is 2. The third kappa shape index (κ3) is 6.43. The number of fused-ring (bicyclic) bond motifs is 1. The van der Waals surface area contributed by atoms with E-state index in [9.17, 15) is 13.2 Å². The molecule has 9 nitrogen and oxygen atoms in total. The van der Waals surface area contributed by atoms with Gasteiger partial charge in [-0.2, -0.15) is 4.98 Å². The Morgan fingerprint density at radius 2 is 1.74 bits per heavy atom. The normalized spacial score (nSPS) is 17.1. The number of nitrogens with zero attached hydrogens (tertiary/aromatic N) is 6. The first-order valence-corrected chi connectivity index (χ1v) is 15.3. The summed E-state index contributed by atoms with van der Waals surface area (Å²) >= 11 is 6.02. The number of imidazole rings is 1. The summed E-state index contributed by atoms with van der Waals surface area (Å²) in [5.74, 6) is -1.42. The zero-order chi connectivity index (χ0) is 32.7. The summed E-state index contributed by atoms with van der Waals surface area (Å²) in [5.41, 5.74) is 4.76. The van der Waals surface area contributed by atoms with Gasteiger partial charge < -0.3 is 24.3 Å². The Bertz CT molecular complexity index is 1900. The van der Waals surface area contributed by atoms with E-state index in [0.29, 0.717) is 47.7 Å². The molecule has 5 aromatic rings. The number of ether oxygens (including phenoxy) is 2. The number of hydrogen-bond donors (Lipinski definition) is 1. The zero-order valence-corrected chi connectivity index (χ0v) is 26.4. The van der Waals surface area contributed by atoms with Crippen LogP contribution in [-0.4, -0.2) is 64.2 Å². The SMILES string of the molecule is COc1ccc(CN2Cc3c(nc(Nc4ccc(-n5cnc(Cl)c5)c(OC)c4)nc3N3CC(F)(F)C3)C(c3ccc(F)cc3)C2)cc1. The molecule has 7 rings (SSSR count). The number of benzene rings is 3. The quantitative estimate of drug-likeness (QED) is 0.184. The van der Waals surface area contributed by atoms with E-state index in [-0.39, 0.29) is 17.7 Å².